The van der Waals surface area contributed by atoms with Crippen molar-refractivity contribution in [2.75, 3.05) is 5.32 Å². The average Bonchev–Trinajstić information content (AvgIpc) is 3.26. The van der Waals surface area contributed by atoms with E-state index in [4.69, 9.17) is 16.6 Å². The van der Waals surface area contributed by atoms with Gasteiger partial charge in [-0.2, -0.15) is 5.10 Å². The summed E-state index contributed by atoms with van der Waals surface area (Å²) in [5.41, 5.74) is 4.08. The molecule has 3 N–H and O–H groups in total. The van der Waals surface area contributed by atoms with E-state index in [1.54, 1.807) is 37.5 Å². The molecule has 7 nitrogen and oxygen atoms in total. The van der Waals surface area contributed by atoms with Crippen LogP contribution in [0.5, 0.6) is 0 Å². The number of fused-ring (bicyclic) bond motifs is 1. The number of hydrogen-bond acceptors (Lipinski definition) is 5. The van der Waals surface area contributed by atoms with Gasteiger partial charge >= 0.3 is 0 Å². The molecule has 9 heteroatoms. The van der Waals surface area contributed by atoms with Gasteiger partial charge in [0.1, 0.15) is 17.7 Å². The molecule has 170 valence electrons. The number of rotatable bonds is 4. The zero-order valence-corrected chi connectivity index (χ0v) is 19.1. The molecule has 2 aromatic carbocycles. The minimum atomic E-state index is -0.622. The molecule has 0 saturated heterocycles. The van der Waals surface area contributed by atoms with Crippen LogP contribution in [0.3, 0.4) is 0 Å². The minimum absolute atomic E-state index is 0.0635. The maximum Gasteiger partial charge on any atom is 0.255 e. The van der Waals surface area contributed by atoms with E-state index in [2.05, 4.69) is 25.8 Å². The van der Waals surface area contributed by atoms with Crippen molar-refractivity contribution in [2.24, 2.45) is 4.99 Å². The maximum atomic E-state index is 14.7. The fourth-order valence-corrected chi connectivity index (χ4v) is 4.07. The van der Waals surface area contributed by atoms with Crippen LogP contribution in [0.4, 0.5) is 10.1 Å². The van der Waals surface area contributed by atoms with Gasteiger partial charge in [0.15, 0.2) is 0 Å². The smallest absolute Gasteiger partial charge is 0.255 e. The lowest BCUT2D eigenvalue weighted by Crippen LogP contribution is -2.34. The van der Waals surface area contributed by atoms with E-state index in [9.17, 15) is 9.18 Å². The van der Waals surface area contributed by atoms with Crippen molar-refractivity contribution in [3.05, 3.63) is 99.9 Å². The van der Waals surface area contributed by atoms with Gasteiger partial charge in [0, 0.05) is 39.6 Å². The summed E-state index contributed by atoms with van der Waals surface area (Å²) in [6, 6.07) is 13.2. The molecule has 0 aliphatic carbocycles. The fraction of sp³-hybridized carbons (Fsp3) is 0.120. The van der Waals surface area contributed by atoms with E-state index >= 15 is 0 Å². The molecular formula is C25H20ClFN6O. The number of amidine groups is 1. The third-order valence-electron chi connectivity index (χ3n) is 5.62. The summed E-state index contributed by atoms with van der Waals surface area (Å²) < 4.78 is 14.7. The Kier molecular flexibility index (Phi) is 5.59. The summed E-state index contributed by atoms with van der Waals surface area (Å²) >= 11 is 6.09. The van der Waals surface area contributed by atoms with Crippen LogP contribution in [0.2, 0.25) is 5.02 Å². The van der Waals surface area contributed by atoms with E-state index < -0.39 is 17.8 Å². The Balaban J connectivity index is 1.54. The lowest BCUT2D eigenvalue weighted by Gasteiger charge is -2.27. The summed E-state index contributed by atoms with van der Waals surface area (Å²) in [4.78, 5) is 22.5. The van der Waals surface area contributed by atoms with Gasteiger partial charge in [-0.1, -0.05) is 23.7 Å². The van der Waals surface area contributed by atoms with Crippen molar-refractivity contribution in [3.8, 4) is 0 Å². The minimum Gasteiger partial charge on any atom is -0.343 e. The summed E-state index contributed by atoms with van der Waals surface area (Å²) in [6.07, 6.45) is 3.28. The van der Waals surface area contributed by atoms with Crippen molar-refractivity contribution in [1.82, 2.24) is 20.5 Å². The Hall–Kier alpha value is -4.04. The van der Waals surface area contributed by atoms with Crippen molar-refractivity contribution in [1.29, 1.82) is 0 Å². The fourth-order valence-electron chi connectivity index (χ4n) is 3.95. The van der Waals surface area contributed by atoms with Crippen LogP contribution in [0.1, 0.15) is 29.8 Å². The zero-order chi connectivity index (χ0) is 23.8. The van der Waals surface area contributed by atoms with Crippen LogP contribution >= 0.6 is 11.6 Å². The molecule has 0 bridgehead atoms. The highest BCUT2D eigenvalue weighted by Crippen LogP contribution is 2.33. The van der Waals surface area contributed by atoms with Crippen molar-refractivity contribution >= 4 is 39.9 Å². The standard InChI is InChI=1S/C25H20ClFN6O/c1-13-9-16(7-8-28-13)24-30-14(2)22(23(32-24)15-3-5-18(26)6-4-15)25(34)31-21-10-17-12-29-33-20(17)11-19(21)27/h3-12,23H,1-2H3,(H,29,33)(H,30,32)(H,31,34). The average molecular weight is 475 g/mol. The molecule has 1 aliphatic heterocycles. The number of anilines is 1. The van der Waals surface area contributed by atoms with E-state index in [0.29, 0.717) is 33.0 Å². The van der Waals surface area contributed by atoms with Gasteiger partial charge in [-0.15, -0.1) is 0 Å². The number of hydrogen-bond donors (Lipinski definition) is 3. The predicted octanol–water partition coefficient (Wildman–Crippen LogP) is 5.06. The monoisotopic (exact) mass is 474 g/mol. The molecular weight excluding hydrogens is 455 g/mol. The molecule has 0 spiro atoms. The first-order valence-electron chi connectivity index (χ1n) is 10.6. The number of nitrogens with one attached hydrogen (secondary N) is 3. The Morgan fingerprint density at radius 2 is 1.91 bits per heavy atom. The summed E-state index contributed by atoms with van der Waals surface area (Å²) in [5.74, 6) is -0.405. The SMILES string of the molecule is CC1=C(C(=O)Nc2cc3cn[nH]c3cc2F)C(c2ccc(Cl)cc2)N=C(c2ccnc(C)c2)N1. The number of carbonyl (C=O) groups excluding carboxylic acids is 1. The number of H-pyrrole nitrogens is 1. The molecule has 0 radical (unpaired) electrons. The van der Waals surface area contributed by atoms with Gasteiger partial charge in [-0.3, -0.25) is 19.9 Å². The van der Waals surface area contributed by atoms with Gasteiger partial charge in [-0.25, -0.2) is 4.39 Å². The zero-order valence-electron chi connectivity index (χ0n) is 18.4. The summed E-state index contributed by atoms with van der Waals surface area (Å²) in [6.45, 7) is 3.70. The van der Waals surface area contributed by atoms with Gasteiger partial charge in [0.05, 0.1) is 23.0 Å². The molecule has 34 heavy (non-hydrogen) atoms. The van der Waals surface area contributed by atoms with Crippen LogP contribution in [0, 0.1) is 12.7 Å². The number of carbonyl (C=O) groups is 1. The molecule has 1 atom stereocenters. The number of amides is 1. The second-order valence-electron chi connectivity index (χ2n) is 8.02. The normalized spacial score (nSPS) is 15.8. The molecule has 2 aromatic heterocycles. The van der Waals surface area contributed by atoms with E-state index in [0.717, 1.165) is 16.8 Å². The quantitative estimate of drug-likeness (QED) is 0.385. The maximum absolute atomic E-state index is 14.7. The molecule has 1 amide bonds. The Morgan fingerprint density at radius 1 is 1.12 bits per heavy atom. The van der Waals surface area contributed by atoms with Crippen molar-refractivity contribution in [3.63, 3.8) is 0 Å². The molecule has 1 aliphatic rings. The summed E-state index contributed by atoms with van der Waals surface area (Å²) in [5, 5.41) is 13.8. The van der Waals surface area contributed by atoms with Gasteiger partial charge in [-0.05, 0) is 49.7 Å². The third kappa shape index (κ3) is 4.15. The van der Waals surface area contributed by atoms with E-state index in [1.165, 1.54) is 6.07 Å². The number of halogens is 2. The van der Waals surface area contributed by atoms with Crippen LogP contribution in [0.25, 0.3) is 10.9 Å². The van der Waals surface area contributed by atoms with Gasteiger partial charge in [0.25, 0.3) is 5.91 Å². The highest BCUT2D eigenvalue weighted by Gasteiger charge is 2.30. The molecule has 1 unspecified atom stereocenters. The van der Waals surface area contributed by atoms with Crippen LogP contribution < -0.4 is 10.6 Å². The molecule has 4 aromatic rings. The Morgan fingerprint density at radius 3 is 2.68 bits per heavy atom. The topological polar surface area (TPSA) is 95.1 Å². The number of allylic oxidation sites excluding steroid dienone is 1. The van der Waals surface area contributed by atoms with Crippen molar-refractivity contribution in [2.45, 2.75) is 19.9 Å². The van der Waals surface area contributed by atoms with Gasteiger partial charge < -0.3 is 10.6 Å². The first-order chi connectivity index (χ1) is 16.4. The number of pyridine rings is 1. The van der Waals surface area contributed by atoms with E-state index in [-0.39, 0.29) is 5.69 Å². The number of nitrogens with zero attached hydrogens (tertiary/aromatic N) is 3. The van der Waals surface area contributed by atoms with Crippen LogP contribution in [-0.2, 0) is 4.79 Å². The van der Waals surface area contributed by atoms with Crippen molar-refractivity contribution < 1.29 is 9.18 Å². The Bertz CT molecular complexity index is 1470. The molecule has 0 fully saturated rings. The van der Waals surface area contributed by atoms with E-state index in [1.807, 2.05) is 31.2 Å². The lowest BCUT2D eigenvalue weighted by atomic mass is 9.94. The summed E-state index contributed by atoms with van der Waals surface area (Å²) in [7, 11) is 0. The molecule has 5 rings (SSSR count). The number of aryl methyl sites for hydroxylation is 1. The number of aromatic nitrogens is 3. The van der Waals surface area contributed by atoms with Crippen LogP contribution in [0.15, 0.2) is 77.2 Å². The predicted molar refractivity (Wildman–Crippen MR) is 130 cm³/mol. The second-order valence-corrected chi connectivity index (χ2v) is 8.46. The van der Waals surface area contributed by atoms with Gasteiger partial charge in [0.2, 0.25) is 0 Å². The first-order valence-corrected chi connectivity index (χ1v) is 10.9. The lowest BCUT2D eigenvalue weighted by molar-refractivity contribution is -0.113. The Labute approximate surface area is 199 Å². The second kappa shape index (κ2) is 8.72. The van der Waals surface area contributed by atoms with Crippen LogP contribution in [-0.4, -0.2) is 26.9 Å². The largest absolute Gasteiger partial charge is 0.343 e. The first kappa shape index (κ1) is 21.8. The number of aromatic amines is 1. The number of benzene rings is 2. The molecule has 3 heterocycles. The molecule has 0 saturated carbocycles. The highest BCUT2D eigenvalue weighted by molar-refractivity contribution is 6.30. The third-order valence-corrected chi connectivity index (χ3v) is 5.87. The highest BCUT2D eigenvalue weighted by atomic mass is 35.5. The number of aliphatic imine (C=N–C) groups is 1.